The van der Waals surface area contributed by atoms with Gasteiger partial charge in [-0.3, -0.25) is 0 Å². The summed E-state index contributed by atoms with van der Waals surface area (Å²) in [6.07, 6.45) is 2.05. The molecule has 5 nitrogen and oxygen atoms in total. The number of thiocarbonyl (C=S) groups is 1. The third-order valence-corrected chi connectivity index (χ3v) is 6.69. The van der Waals surface area contributed by atoms with Crippen LogP contribution in [0.3, 0.4) is 0 Å². The van der Waals surface area contributed by atoms with Gasteiger partial charge in [-0.1, -0.05) is 42.7 Å². The largest absolute Gasteiger partial charge is 0.351 e. The predicted octanol–water partition coefficient (Wildman–Crippen LogP) is 6.43. The minimum Gasteiger partial charge on any atom is -0.351 e. The molecule has 4 rings (SSSR count). The summed E-state index contributed by atoms with van der Waals surface area (Å²) in [6, 6.07) is 15.7. The van der Waals surface area contributed by atoms with Gasteiger partial charge >= 0.3 is 0 Å². The van der Waals surface area contributed by atoms with Crippen LogP contribution in [0.1, 0.15) is 38.3 Å². The summed E-state index contributed by atoms with van der Waals surface area (Å²) < 4.78 is 5.79. The molecule has 2 heterocycles. The Balaban J connectivity index is 1.78. The predicted molar refractivity (Wildman–Crippen MR) is 136 cm³/mol. The van der Waals surface area contributed by atoms with E-state index >= 15 is 0 Å². The van der Waals surface area contributed by atoms with Crippen LogP contribution in [0.4, 0.5) is 0 Å². The molecular formula is C24H25ClN4OS2. The lowest BCUT2D eigenvalue weighted by atomic mass is 9.94. The molecule has 0 fully saturated rings. The molecule has 3 aromatic rings. The van der Waals surface area contributed by atoms with Crippen LogP contribution in [0.2, 0.25) is 5.02 Å². The van der Waals surface area contributed by atoms with Gasteiger partial charge < -0.3 is 14.7 Å². The lowest BCUT2D eigenvalue weighted by Gasteiger charge is -2.38. The van der Waals surface area contributed by atoms with Crippen molar-refractivity contribution in [3.8, 4) is 11.4 Å². The fraction of sp³-hybridized carbons (Fsp3) is 0.292. The molecule has 0 saturated heterocycles. The van der Waals surface area contributed by atoms with Crippen LogP contribution in [0, 0.1) is 5.92 Å². The third kappa shape index (κ3) is 4.70. The first-order valence-corrected chi connectivity index (χ1v) is 12.4. The monoisotopic (exact) mass is 484 g/mol. The van der Waals surface area contributed by atoms with E-state index < -0.39 is 0 Å². The Morgan fingerprint density at radius 2 is 1.84 bits per heavy atom. The molecule has 0 bridgehead atoms. The van der Waals surface area contributed by atoms with E-state index in [9.17, 15) is 0 Å². The minimum absolute atomic E-state index is 0.213. The minimum atomic E-state index is -0.213. The van der Waals surface area contributed by atoms with Crippen molar-refractivity contribution >= 4 is 46.3 Å². The summed E-state index contributed by atoms with van der Waals surface area (Å²) in [4.78, 5) is 8.06. The average molecular weight is 485 g/mol. The van der Waals surface area contributed by atoms with Crippen LogP contribution in [-0.4, -0.2) is 33.0 Å². The maximum absolute atomic E-state index is 6.13. The summed E-state index contributed by atoms with van der Waals surface area (Å²) in [5.74, 6) is 1.48. The molecule has 0 amide bonds. The van der Waals surface area contributed by atoms with E-state index in [1.165, 1.54) is 4.90 Å². The van der Waals surface area contributed by atoms with Crippen molar-refractivity contribution in [2.75, 3.05) is 12.8 Å². The quantitative estimate of drug-likeness (QED) is 0.319. The molecule has 166 valence electrons. The Kier molecular flexibility index (Phi) is 6.88. The van der Waals surface area contributed by atoms with Gasteiger partial charge in [0.25, 0.3) is 5.89 Å². The molecule has 1 N–H and O–H groups in total. The summed E-state index contributed by atoms with van der Waals surface area (Å²) in [5.41, 5.74) is 3.87. The van der Waals surface area contributed by atoms with Crippen molar-refractivity contribution in [3.63, 3.8) is 0 Å². The molecule has 1 aliphatic rings. The van der Waals surface area contributed by atoms with E-state index in [0.29, 0.717) is 27.8 Å². The number of aromatic nitrogens is 2. The number of allylic oxidation sites excluding steroid dienone is 1. The highest BCUT2D eigenvalue weighted by atomic mass is 35.5. The van der Waals surface area contributed by atoms with Crippen LogP contribution in [0.5, 0.6) is 0 Å². The maximum atomic E-state index is 6.13. The maximum Gasteiger partial charge on any atom is 0.258 e. The van der Waals surface area contributed by atoms with Gasteiger partial charge in [0.2, 0.25) is 5.82 Å². The number of thioether (sulfide) groups is 1. The molecule has 1 aromatic heterocycles. The normalized spacial score (nSPS) is 16.6. The summed E-state index contributed by atoms with van der Waals surface area (Å²) in [5, 5.41) is 9.12. The molecule has 1 aliphatic heterocycles. The Hall–Kier alpha value is -2.35. The summed E-state index contributed by atoms with van der Waals surface area (Å²) in [7, 11) is 0. The van der Waals surface area contributed by atoms with Crippen molar-refractivity contribution in [3.05, 3.63) is 70.7 Å². The number of hydrogen-bond acceptors (Lipinski definition) is 5. The van der Waals surface area contributed by atoms with Gasteiger partial charge in [-0.05, 0) is 73.3 Å². The molecule has 0 spiro atoms. The van der Waals surface area contributed by atoms with Crippen molar-refractivity contribution in [1.82, 2.24) is 20.4 Å². The first kappa shape index (κ1) is 22.8. The van der Waals surface area contributed by atoms with Gasteiger partial charge in [-0.25, -0.2) is 0 Å². The standard InChI is InChI=1S/C24H25ClN4OS2/c1-14(2)13-29-15(3)20(21(26-24(29)31)16-5-9-18(25)10-6-16)23-27-22(28-30-23)17-7-11-19(32-4)12-8-17/h5-12,14,21H,13H2,1-4H3,(H,26,31). The van der Waals surface area contributed by atoms with Crippen LogP contribution in [0.25, 0.3) is 17.0 Å². The molecule has 0 aliphatic carbocycles. The van der Waals surface area contributed by atoms with Crippen LogP contribution >= 0.6 is 35.6 Å². The van der Waals surface area contributed by atoms with E-state index in [2.05, 4.69) is 54.5 Å². The zero-order valence-corrected chi connectivity index (χ0v) is 20.8. The highest BCUT2D eigenvalue weighted by molar-refractivity contribution is 7.98. The van der Waals surface area contributed by atoms with E-state index in [0.717, 1.165) is 28.9 Å². The Morgan fingerprint density at radius 3 is 2.47 bits per heavy atom. The summed E-state index contributed by atoms with van der Waals surface area (Å²) >= 11 is 13.5. The van der Waals surface area contributed by atoms with Crippen LogP contribution < -0.4 is 5.32 Å². The second-order valence-electron chi connectivity index (χ2n) is 8.09. The molecular weight excluding hydrogens is 460 g/mol. The molecule has 1 atom stereocenters. The highest BCUT2D eigenvalue weighted by Crippen LogP contribution is 2.38. The Morgan fingerprint density at radius 1 is 1.16 bits per heavy atom. The van der Waals surface area contributed by atoms with Gasteiger partial charge in [-0.2, -0.15) is 4.98 Å². The van der Waals surface area contributed by atoms with E-state index in [4.69, 9.17) is 33.3 Å². The molecule has 2 aromatic carbocycles. The van der Waals surface area contributed by atoms with Gasteiger partial charge in [0.05, 0.1) is 11.6 Å². The topological polar surface area (TPSA) is 54.2 Å². The number of rotatable bonds is 6. The first-order chi connectivity index (χ1) is 15.4. The zero-order chi connectivity index (χ0) is 22.8. The second kappa shape index (κ2) is 9.65. The van der Waals surface area contributed by atoms with Gasteiger partial charge in [0.15, 0.2) is 5.11 Å². The number of benzene rings is 2. The molecule has 1 unspecified atom stereocenters. The van der Waals surface area contributed by atoms with Crippen molar-refractivity contribution in [2.24, 2.45) is 5.92 Å². The number of nitrogens with zero attached hydrogens (tertiary/aromatic N) is 3. The van der Waals surface area contributed by atoms with E-state index in [1.807, 2.05) is 36.4 Å². The van der Waals surface area contributed by atoms with Crippen molar-refractivity contribution in [2.45, 2.75) is 31.7 Å². The number of hydrogen-bond donors (Lipinski definition) is 1. The molecule has 0 radical (unpaired) electrons. The molecule has 0 saturated carbocycles. The van der Waals surface area contributed by atoms with E-state index in [-0.39, 0.29) is 6.04 Å². The Bertz CT molecular complexity index is 1140. The second-order valence-corrected chi connectivity index (χ2v) is 9.79. The van der Waals surface area contributed by atoms with Gasteiger partial charge in [0.1, 0.15) is 0 Å². The van der Waals surface area contributed by atoms with Crippen LogP contribution in [0.15, 0.2) is 63.6 Å². The SMILES string of the molecule is CSc1ccc(-c2noc(C3=C(C)N(CC(C)C)C(=S)NC3c3ccc(Cl)cc3)n2)cc1. The Labute approximate surface area is 203 Å². The van der Waals surface area contributed by atoms with Gasteiger partial charge in [0, 0.05) is 27.7 Å². The first-order valence-electron chi connectivity index (χ1n) is 10.4. The van der Waals surface area contributed by atoms with Crippen molar-refractivity contribution < 1.29 is 4.52 Å². The molecule has 8 heteroatoms. The average Bonchev–Trinajstić information content (AvgIpc) is 3.26. The fourth-order valence-corrected chi connectivity index (χ4v) is 4.60. The lowest BCUT2D eigenvalue weighted by Crippen LogP contribution is -2.47. The van der Waals surface area contributed by atoms with E-state index in [1.54, 1.807) is 11.8 Å². The van der Waals surface area contributed by atoms with Gasteiger partial charge in [-0.15, -0.1) is 11.8 Å². The molecule has 32 heavy (non-hydrogen) atoms. The van der Waals surface area contributed by atoms with Crippen molar-refractivity contribution in [1.29, 1.82) is 0 Å². The highest BCUT2D eigenvalue weighted by Gasteiger charge is 2.34. The lowest BCUT2D eigenvalue weighted by molar-refractivity contribution is 0.386. The fourth-order valence-electron chi connectivity index (χ4n) is 3.74. The number of halogens is 1. The van der Waals surface area contributed by atoms with Crippen LogP contribution in [-0.2, 0) is 0 Å². The smallest absolute Gasteiger partial charge is 0.258 e. The zero-order valence-electron chi connectivity index (χ0n) is 18.4. The number of nitrogens with one attached hydrogen (secondary N) is 1. The summed E-state index contributed by atoms with van der Waals surface area (Å²) in [6.45, 7) is 7.20. The third-order valence-electron chi connectivity index (χ3n) is 5.35.